The van der Waals surface area contributed by atoms with Gasteiger partial charge in [-0.05, 0) is 0 Å². The van der Waals surface area contributed by atoms with Crippen LogP contribution in [0.15, 0.2) is 0 Å². The summed E-state index contributed by atoms with van der Waals surface area (Å²) < 4.78 is 22.9. The summed E-state index contributed by atoms with van der Waals surface area (Å²) in [5.74, 6) is -2.87. The van der Waals surface area contributed by atoms with E-state index >= 15 is 0 Å². The number of alkyl halides is 5. The molecule has 0 amide bonds. The van der Waals surface area contributed by atoms with Crippen molar-refractivity contribution >= 4 is 34.8 Å². The van der Waals surface area contributed by atoms with Gasteiger partial charge in [-0.25, -0.2) is 8.78 Å². The summed E-state index contributed by atoms with van der Waals surface area (Å²) in [5.41, 5.74) is 0. The molecule has 0 unspecified atom stereocenters. The van der Waals surface area contributed by atoms with Gasteiger partial charge in [0, 0.05) is 6.42 Å². The van der Waals surface area contributed by atoms with Crippen LogP contribution in [0.2, 0.25) is 0 Å². The predicted molar refractivity (Wildman–Crippen MR) is 40.1 cm³/mol. The van der Waals surface area contributed by atoms with Crippen LogP contribution in [0.4, 0.5) is 8.78 Å². The van der Waals surface area contributed by atoms with Crippen molar-refractivity contribution in [3.05, 3.63) is 0 Å². The molecule has 0 aromatic rings. The molecule has 0 aromatic carbocycles. The summed E-state index contributed by atoms with van der Waals surface area (Å²) in [4.78, 5) is 0. The molecule has 5 heteroatoms. The van der Waals surface area contributed by atoms with Gasteiger partial charge in [-0.1, -0.05) is 41.7 Å². The van der Waals surface area contributed by atoms with E-state index < -0.39 is 16.1 Å². The first kappa shape index (κ1) is 10.7. The fraction of sp³-hybridized carbons (Fsp3) is 1.00. The third-order valence-corrected chi connectivity index (χ3v) is 1.38. The summed E-state index contributed by atoms with van der Waals surface area (Å²) in [5, 5.41) is 0. The maximum atomic E-state index is 12.4. The van der Waals surface area contributed by atoms with Crippen LogP contribution >= 0.6 is 34.8 Å². The summed E-state index contributed by atoms with van der Waals surface area (Å²) in [6.07, 6.45) is -1.03. The Hall–Kier alpha value is 0.730. The van der Waals surface area contributed by atoms with Crippen molar-refractivity contribution in [2.24, 2.45) is 0 Å². The second-order valence-electron chi connectivity index (χ2n) is 2.00. The van der Waals surface area contributed by atoms with Crippen molar-refractivity contribution < 1.29 is 8.78 Å². The van der Waals surface area contributed by atoms with Crippen LogP contribution in [0.1, 0.15) is 19.8 Å². The average Bonchev–Trinajstić information content (AvgIpc) is 1.60. The molecule has 0 radical (unpaired) electrons. The molecule has 0 atom stereocenters. The molecular weight excluding hydrogens is 204 g/mol. The molecule has 0 spiro atoms. The Morgan fingerprint density at radius 1 is 1.20 bits per heavy atom. The van der Waals surface area contributed by atoms with E-state index in [4.69, 9.17) is 34.8 Å². The van der Waals surface area contributed by atoms with Gasteiger partial charge < -0.3 is 0 Å². The van der Waals surface area contributed by atoms with Gasteiger partial charge in [-0.15, -0.1) is 0 Å². The lowest BCUT2D eigenvalue weighted by atomic mass is 10.2. The maximum Gasteiger partial charge on any atom is 0.252 e. The van der Waals surface area contributed by atoms with E-state index in [2.05, 4.69) is 0 Å². The molecular formula is C5H7Cl3F2. The molecule has 0 N–H and O–H groups in total. The van der Waals surface area contributed by atoms with Gasteiger partial charge in [-0.2, -0.15) is 0 Å². The van der Waals surface area contributed by atoms with E-state index in [1.165, 1.54) is 6.92 Å². The third-order valence-electron chi connectivity index (χ3n) is 0.976. The molecule has 0 nitrogen and oxygen atoms in total. The number of halogens is 5. The first-order valence-electron chi connectivity index (χ1n) is 2.71. The molecule has 0 aliphatic carbocycles. The molecule has 0 heterocycles. The monoisotopic (exact) mass is 210 g/mol. The van der Waals surface area contributed by atoms with E-state index in [-0.39, 0.29) is 6.42 Å². The standard InChI is InChI=1S/C5H7Cl3F2/c1-2-4(9,10)3-5(6,7)8/h2-3H2,1H3. The zero-order chi connectivity index (χ0) is 8.41. The van der Waals surface area contributed by atoms with Gasteiger partial charge in [0.15, 0.2) is 3.79 Å². The van der Waals surface area contributed by atoms with Gasteiger partial charge >= 0.3 is 0 Å². The van der Waals surface area contributed by atoms with E-state index in [1.807, 2.05) is 0 Å². The number of rotatable bonds is 2. The highest BCUT2D eigenvalue weighted by atomic mass is 35.6. The van der Waals surface area contributed by atoms with Crippen molar-refractivity contribution in [3.63, 3.8) is 0 Å². The minimum absolute atomic E-state index is 0.305. The lowest BCUT2D eigenvalue weighted by Gasteiger charge is -2.18. The lowest BCUT2D eigenvalue weighted by Crippen LogP contribution is -2.22. The Morgan fingerprint density at radius 2 is 1.60 bits per heavy atom. The highest BCUT2D eigenvalue weighted by Crippen LogP contribution is 2.38. The summed E-state index contributed by atoms with van der Waals surface area (Å²) in [6.45, 7) is 1.34. The topological polar surface area (TPSA) is 0 Å². The first-order valence-corrected chi connectivity index (χ1v) is 3.85. The zero-order valence-corrected chi connectivity index (χ0v) is 7.57. The molecule has 0 aliphatic rings. The van der Waals surface area contributed by atoms with Crippen molar-refractivity contribution in [1.29, 1.82) is 0 Å². The van der Waals surface area contributed by atoms with E-state index in [0.717, 1.165) is 0 Å². The summed E-state index contributed by atoms with van der Waals surface area (Å²) in [6, 6.07) is 0. The first-order chi connectivity index (χ1) is 4.27. The van der Waals surface area contributed by atoms with E-state index in [1.54, 1.807) is 0 Å². The minimum atomic E-state index is -2.87. The van der Waals surface area contributed by atoms with Gasteiger partial charge in [0.1, 0.15) is 0 Å². The van der Waals surface area contributed by atoms with Gasteiger partial charge in [0.2, 0.25) is 0 Å². The minimum Gasteiger partial charge on any atom is -0.207 e. The fourth-order valence-corrected chi connectivity index (χ4v) is 1.00. The third kappa shape index (κ3) is 5.51. The van der Waals surface area contributed by atoms with E-state index in [0.29, 0.717) is 0 Å². The van der Waals surface area contributed by atoms with Crippen LogP contribution in [-0.2, 0) is 0 Å². The van der Waals surface area contributed by atoms with Crippen LogP contribution in [-0.4, -0.2) is 9.72 Å². The second kappa shape index (κ2) is 3.42. The smallest absolute Gasteiger partial charge is 0.207 e. The zero-order valence-electron chi connectivity index (χ0n) is 5.30. The van der Waals surface area contributed by atoms with Crippen molar-refractivity contribution in [2.75, 3.05) is 0 Å². The molecule has 62 valence electrons. The van der Waals surface area contributed by atoms with Crippen LogP contribution in [0.5, 0.6) is 0 Å². The van der Waals surface area contributed by atoms with E-state index in [9.17, 15) is 8.78 Å². The highest BCUT2D eigenvalue weighted by Gasteiger charge is 2.36. The molecule has 10 heavy (non-hydrogen) atoms. The lowest BCUT2D eigenvalue weighted by molar-refractivity contribution is -0.0101. The quantitative estimate of drug-likeness (QED) is 0.610. The van der Waals surface area contributed by atoms with Crippen molar-refractivity contribution in [3.8, 4) is 0 Å². The van der Waals surface area contributed by atoms with Crippen LogP contribution in [0.25, 0.3) is 0 Å². The Labute approximate surface area is 73.4 Å². The number of hydrogen-bond acceptors (Lipinski definition) is 0. The fourth-order valence-electron chi connectivity index (χ4n) is 0.418. The molecule has 0 aliphatic heterocycles. The Bertz CT molecular complexity index is 108. The van der Waals surface area contributed by atoms with Crippen molar-refractivity contribution in [1.82, 2.24) is 0 Å². The van der Waals surface area contributed by atoms with Crippen LogP contribution in [0.3, 0.4) is 0 Å². The highest BCUT2D eigenvalue weighted by molar-refractivity contribution is 6.67. The SMILES string of the molecule is CCC(F)(F)CC(Cl)(Cl)Cl. The average molecular weight is 211 g/mol. The normalized spacial score (nSPS) is 13.8. The molecule has 0 rings (SSSR count). The summed E-state index contributed by atoms with van der Waals surface area (Å²) in [7, 11) is 0. The molecule has 0 fully saturated rings. The molecule has 0 saturated carbocycles. The van der Waals surface area contributed by atoms with Crippen LogP contribution in [0, 0.1) is 0 Å². The molecule has 0 aromatic heterocycles. The predicted octanol–water partition coefficient (Wildman–Crippen LogP) is 3.79. The Kier molecular flexibility index (Phi) is 3.67. The molecule has 0 bridgehead atoms. The van der Waals surface area contributed by atoms with Gasteiger partial charge in [0.05, 0.1) is 6.42 Å². The Morgan fingerprint density at radius 3 is 1.70 bits per heavy atom. The van der Waals surface area contributed by atoms with Crippen molar-refractivity contribution in [2.45, 2.75) is 29.5 Å². The largest absolute Gasteiger partial charge is 0.252 e. The number of hydrogen-bond donors (Lipinski definition) is 0. The van der Waals surface area contributed by atoms with Gasteiger partial charge in [0.25, 0.3) is 5.92 Å². The summed E-state index contributed by atoms with van der Waals surface area (Å²) >= 11 is 15.4. The second-order valence-corrected chi connectivity index (χ2v) is 4.52. The maximum absolute atomic E-state index is 12.4. The Balaban J connectivity index is 3.89. The molecule has 0 saturated heterocycles. The van der Waals surface area contributed by atoms with Crippen LogP contribution < -0.4 is 0 Å². The van der Waals surface area contributed by atoms with Gasteiger partial charge in [-0.3, -0.25) is 0 Å².